The van der Waals surface area contributed by atoms with Crippen LogP contribution in [0.5, 0.6) is 28.7 Å². The van der Waals surface area contributed by atoms with Crippen molar-refractivity contribution >= 4 is 29.2 Å². The Morgan fingerprint density at radius 1 is 0.658 bits per heavy atom. The van der Waals surface area contributed by atoms with E-state index in [0.717, 1.165) is 5.75 Å². The molecule has 0 aliphatic carbocycles. The molecule has 10 heteroatoms. The Hall–Kier alpha value is -4.73. The maximum Gasteiger partial charge on any atom is 0.306 e. The summed E-state index contributed by atoms with van der Waals surface area (Å²) in [6, 6.07) is 19.1. The lowest BCUT2D eigenvalue weighted by atomic mass is 10.2. The maximum atomic E-state index is 12.2. The highest BCUT2D eigenvalue weighted by Crippen LogP contribution is 2.29. The molecule has 0 bridgehead atoms. The number of hydrogen-bond donors (Lipinski definition) is 2. The van der Waals surface area contributed by atoms with Crippen LogP contribution in [0.3, 0.4) is 0 Å². The molecule has 0 saturated heterocycles. The molecule has 0 unspecified atom stereocenters. The summed E-state index contributed by atoms with van der Waals surface area (Å²) in [5.41, 5.74) is 0.995. The van der Waals surface area contributed by atoms with Gasteiger partial charge in [0.25, 0.3) is 5.91 Å². The van der Waals surface area contributed by atoms with Gasteiger partial charge in [0.15, 0.2) is 6.61 Å². The lowest BCUT2D eigenvalue weighted by Crippen LogP contribution is -2.21. The average Bonchev–Trinajstić information content (AvgIpc) is 2.93. The topological polar surface area (TPSA) is 121 Å². The van der Waals surface area contributed by atoms with Crippen molar-refractivity contribution < 1.29 is 38.1 Å². The maximum absolute atomic E-state index is 12.2. The quantitative estimate of drug-likeness (QED) is 0.307. The van der Waals surface area contributed by atoms with E-state index in [1.165, 1.54) is 14.2 Å². The molecule has 0 radical (unpaired) electrons. The number of anilines is 2. The van der Waals surface area contributed by atoms with Crippen LogP contribution < -0.4 is 29.6 Å². The van der Waals surface area contributed by atoms with Gasteiger partial charge in [0.2, 0.25) is 5.91 Å². The molecular formula is C28H30N2O8. The van der Waals surface area contributed by atoms with E-state index in [2.05, 4.69) is 10.6 Å². The molecule has 0 heterocycles. The minimum absolute atomic E-state index is 0.00216. The Morgan fingerprint density at radius 2 is 1.26 bits per heavy atom. The van der Waals surface area contributed by atoms with E-state index in [4.69, 9.17) is 23.7 Å². The molecule has 3 aromatic rings. The van der Waals surface area contributed by atoms with Gasteiger partial charge in [-0.2, -0.15) is 0 Å². The van der Waals surface area contributed by atoms with Crippen molar-refractivity contribution in [3.8, 4) is 28.7 Å². The van der Waals surface area contributed by atoms with Crippen molar-refractivity contribution in [3.05, 3.63) is 66.7 Å². The fourth-order valence-electron chi connectivity index (χ4n) is 3.32. The van der Waals surface area contributed by atoms with Crippen molar-refractivity contribution in [1.82, 2.24) is 0 Å². The van der Waals surface area contributed by atoms with E-state index >= 15 is 0 Å². The van der Waals surface area contributed by atoms with Crippen LogP contribution in [0.15, 0.2) is 66.7 Å². The number of methoxy groups -OCH3 is 3. The van der Waals surface area contributed by atoms with Crippen molar-refractivity contribution in [1.29, 1.82) is 0 Å². The molecule has 2 amide bonds. The van der Waals surface area contributed by atoms with Gasteiger partial charge in [-0.15, -0.1) is 0 Å². The van der Waals surface area contributed by atoms with Gasteiger partial charge in [-0.3, -0.25) is 14.4 Å². The van der Waals surface area contributed by atoms with Gasteiger partial charge in [0.05, 0.1) is 27.0 Å². The molecule has 0 aromatic heterocycles. The number of ether oxygens (including phenoxy) is 5. The van der Waals surface area contributed by atoms with Gasteiger partial charge >= 0.3 is 5.97 Å². The zero-order chi connectivity index (χ0) is 27.3. The third kappa shape index (κ3) is 8.74. The van der Waals surface area contributed by atoms with Crippen LogP contribution in [0.4, 0.5) is 11.4 Å². The summed E-state index contributed by atoms with van der Waals surface area (Å²) in [4.78, 5) is 36.4. The zero-order valence-corrected chi connectivity index (χ0v) is 21.4. The normalized spacial score (nSPS) is 10.2. The average molecular weight is 523 g/mol. The van der Waals surface area contributed by atoms with Crippen molar-refractivity contribution in [2.45, 2.75) is 19.3 Å². The second kappa shape index (κ2) is 14.1. The van der Waals surface area contributed by atoms with Crippen molar-refractivity contribution in [2.24, 2.45) is 0 Å². The smallest absolute Gasteiger partial charge is 0.306 e. The first-order chi connectivity index (χ1) is 18.4. The van der Waals surface area contributed by atoms with Crippen LogP contribution in [-0.2, 0) is 19.1 Å². The Kier molecular flexibility index (Phi) is 10.3. The van der Waals surface area contributed by atoms with Gasteiger partial charge < -0.3 is 34.3 Å². The van der Waals surface area contributed by atoms with Crippen LogP contribution >= 0.6 is 0 Å². The number of carbonyl (C=O) groups excluding carboxylic acids is 3. The molecule has 0 atom stereocenters. The van der Waals surface area contributed by atoms with Crippen LogP contribution in [0.25, 0.3) is 0 Å². The lowest BCUT2D eigenvalue weighted by Gasteiger charge is -2.12. The highest BCUT2D eigenvalue weighted by Gasteiger charge is 2.12. The lowest BCUT2D eigenvalue weighted by molar-refractivity contribution is -0.147. The molecule has 2 N–H and O–H groups in total. The molecule has 3 aromatic carbocycles. The molecule has 0 aliphatic rings. The summed E-state index contributed by atoms with van der Waals surface area (Å²) < 4.78 is 26.2. The molecule has 0 aliphatic heterocycles. The van der Waals surface area contributed by atoms with E-state index in [1.807, 2.05) is 0 Å². The minimum Gasteiger partial charge on any atom is -0.497 e. The third-order valence-corrected chi connectivity index (χ3v) is 5.26. The van der Waals surface area contributed by atoms with Crippen molar-refractivity contribution in [3.63, 3.8) is 0 Å². The van der Waals surface area contributed by atoms with Gasteiger partial charge in [-0.05, 0) is 67.1 Å². The Labute approximate surface area is 220 Å². The molecule has 200 valence electrons. The molecule has 38 heavy (non-hydrogen) atoms. The Balaban J connectivity index is 1.35. The number of amides is 2. The van der Waals surface area contributed by atoms with E-state index in [9.17, 15) is 14.4 Å². The number of nitrogens with one attached hydrogen (secondary N) is 2. The predicted octanol–water partition coefficient (Wildman–Crippen LogP) is 4.80. The van der Waals surface area contributed by atoms with Crippen LogP contribution in [0.1, 0.15) is 19.3 Å². The highest BCUT2D eigenvalue weighted by atomic mass is 16.5. The molecule has 0 fully saturated rings. The summed E-state index contributed by atoms with van der Waals surface area (Å²) in [7, 11) is 4.57. The summed E-state index contributed by atoms with van der Waals surface area (Å²) in [5, 5.41) is 5.39. The Morgan fingerprint density at radius 3 is 1.89 bits per heavy atom. The predicted molar refractivity (Wildman–Crippen MR) is 141 cm³/mol. The summed E-state index contributed by atoms with van der Waals surface area (Å²) in [6.07, 6.45) is 0.388. The van der Waals surface area contributed by atoms with Crippen molar-refractivity contribution in [2.75, 3.05) is 38.6 Å². The monoisotopic (exact) mass is 522 g/mol. The summed E-state index contributed by atoms with van der Waals surface area (Å²) in [6.45, 7) is -0.462. The number of benzene rings is 3. The first-order valence-electron chi connectivity index (χ1n) is 11.8. The SMILES string of the molecule is COc1ccc(Oc2ccc(NC(=O)CCCC(=O)OCC(=O)Nc3cc(OC)ccc3OC)cc2)cc1. The first-order valence-corrected chi connectivity index (χ1v) is 11.8. The van der Waals surface area contributed by atoms with Crippen LogP contribution in [0, 0.1) is 0 Å². The van der Waals surface area contributed by atoms with Gasteiger partial charge in [-0.25, -0.2) is 0 Å². The van der Waals surface area contributed by atoms with Crippen LogP contribution in [-0.4, -0.2) is 45.7 Å². The van der Waals surface area contributed by atoms with E-state index in [0.29, 0.717) is 34.4 Å². The van der Waals surface area contributed by atoms with Gasteiger partial charge in [-0.1, -0.05) is 0 Å². The zero-order valence-electron chi connectivity index (χ0n) is 21.4. The molecule has 3 rings (SSSR count). The second-order valence-electron chi connectivity index (χ2n) is 7.98. The van der Waals surface area contributed by atoms with Crippen LogP contribution in [0.2, 0.25) is 0 Å². The fourth-order valence-corrected chi connectivity index (χ4v) is 3.32. The summed E-state index contributed by atoms with van der Waals surface area (Å²) in [5.74, 6) is 1.64. The first kappa shape index (κ1) is 27.9. The third-order valence-electron chi connectivity index (χ3n) is 5.26. The van der Waals surface area contributed by atoms with E-state index < -0.39 is 18.5 Å². The number of hydrogen-bond acceptors (Lipinski definition) is 8. The summed E-state index contributed by atoms with van der Waals surface area (Å²) >= 11 is 0. The van der Waals surface area contributed by atoms with E-state index in [1.54, 1.807) is 73.8 Å². The number of carbonyl (C=O) groups is 3. The fraction of sp³-hybridized carbons (Fsp3) is 0.250. The standard InChI is InChI=1S/C28H30N2O8/c1-34-20-11-13-22(14-12-20)38-21-9-7-19(8-10-21)29-26(31)5-4-6-28(33)37-18-27(32)30-24-17-23(35-2)15-16-25(24)36-3/h7-17H,4-6,18H2,1-3H3,(H,29,31)(H,30,32). The molecular weight excluding hydrogens is 492 g/mol. The number of rotatable bonds is 13. The molecule has 0 saturated carbocycles. The largest absolute Gasteiger partial charge is 0.497 e. The highest BCUT2D eigenvalue weighted by molar-refractivity contribution is 5.94. The Bertz CT molecular complexity index is 1230. The molecule has 0 spiro atoms. The minimum atomic E-state index is -0.578. The second-order valence-corrected chi connectivity index (χ2v) is 7.98. The number of esters is 1. The van der Waals surface area contributed by atoms with Gasteiger partial charge in [0, 0.05) is 24.6 Å². The van der Waals surface area contributed by atoms with E-state index in [-0.39, 0.29) is 25.2 Å². The molecule has 10 nitrogen and oxygen atoms in total. The van der Waals surface area contributed by atoms with Gasteiger partial charge in [0.1, 0.15) is 28.7 Å².